The van der Waals surface area contributed by atoms with Crippen LogP contribution in [0.5, 0.6) is 0 Å². The van der Waals surface area contributed by atoms with E-state index in [1.54, 1.807) is 24.3 Å². The Morgan fingerprint density at radius 2 is 2.17 bits per heavy atom. The monoisotopic (exact) mass is 363 g/mol. The van der Waals surface area contributed by atoms with Gasteiger partial charge in [-0.15, -0.1) is 11.3 Å². The van der Waals surface area contributed by atoms with Gasteiger partial charge in [0.1, 0.15) is 5.01 Å². The second-order valence-electron chi connectivity index (χ2n) is 5.16. The van der Waals surface area contributed by atoms with Crippen LogP contribution >= 0.6 is 11.3 Å². The number of carboxylic acids is 1. The lowest BCUT2D eigenvalue weighted by molar-refractivity contribution is 0.0696. The van der Waals surface area contributed by atoms with E-state index in [2.05, 4.69) is 10.1 Å². The maximum Gasteiger partial charge on any atom is 0.338 e. The van der Waals surface area contributed by atoms with Crippen molar-refractivity contribution in [2.24, 2.45) is 0 Å². The molecule has 0 spiro atoms. The Morgan fingerprint density at radius 3 is 2.83 bits per heavy atom. The highest BCUT2D eigenvalue weighted by Gasteiger charge is 2.12. The van der Waals surface area contributed by atoms with Crippen LogP contribution < -0.4 is 0 Å². The first kappa shape index (κ1) is 16.3. The zero-order valence-electron chi connectivity index (χ0n) is 12.6. The van der Waals surface area contributed by atoms with Crippen LogP contribution in [0.4, 0.5) is 0 Å². The Kier molecular flexibility index (Phi) is 4.20. The molecule has 0 unspecified atom stereocenters. The average molecular weight is 363 g/mol. The number of benzene rings is 1. The summed E-state index contributed by atoms with van der Waals surface area (Å²) in [5.74, 6) is -1.03. The van der Waals surface area contributed by atoms with Gasteiger partial charge in [-0.25, -0.2) is 18.2 Å². The van der Waals surface area contributed by atoms with Crippen LogP contribution in [-0.2, 0) is 16.4 Å². The van der Waals surface area contributed by atoms with Crippen molar-refractivity contribution in [3.05, 3.63) is 52.6 Å². The van der Waals surface area contributed by atoms with Crippen LogP contribution in [0, 0.1) is 0 Å². The third-order valence-electron chi connectivity index (χ3n) is 3.29. The Hall–Kier alpha value is -2.52. The van der Waals surface area contributed by atoms with E-state index in [0.29, 0.717) is 17.8 Å². The summed E-state index contributed by atoms with van der Waals surface area (Å²) in [6, 6.07) is 6.61. The molecule has 1 aromatic carbocycles. The molecule has 0 aliphatic rings. The normalized spacial score (nSPS) is 11.5. The molecule has 0 bridgehead atoms. The molecule has 1 N–H and O–H groups in total. The highest BCUT2D eigenvalue weighted by molar-refractivity contribution is 7.90. The van der Waals surface area contributed by atoms with Crippen LogP contribution in [0.15, 0.2) is 46.9 Å². The van der Waals surface area contributed by atoms with E-state index in [1.165, 1.54) is 28.4 Å². The third-order valence-corrected chi connectivity index (χ3v) is 5.23. The number of hydrogen-bond donors (Lipinski definition) is 1. The lowest BCUT2D eigenvalue weighted by atomic mass is 10.2. The molecule has 3 aromatic rings. The van der Waals surface area contributed by atoms with Crippen molar-refractivity contribution >= 4 is 27.1 Å². The van der Waals surface area contributed by atoms with Crippen LogP contribution in [0.2, 0.25) is 0 Å². The summed E-state index contributed by atoms with van der Waals surface area (Å²) in [5, 5.41) is 15.5. The first-order valence-electron chi connectivity index (χ1n) is 6.83. The van der Waals surface area contributed by atoms with Crippen molar-refractivity contribution in [2.75, 3.05) is 6.26 Å². The maximum absolute atomic E-state index is 11.6. The number of hydrogen-bond acceptors (Lipinski definition) is 6. The van der Waals surface area contributed by atoms with Crippen molar-refractivity contribution in [3.8, 4) is 11.3 Å². The summed E-state index contributed by atoms with van der Waals surface area (Å²) in [5.41, 5.74) is 1.51. The van der Waals surface area contributed by atoms with E-state index in [0.717, 1.165) is 11.3 Å². The van der Waals surface area contributed by atoms with E-state index in [9.17, 15) is 13.2 Å². The quantitative estimate of drug-likeness (QED) is 0.745. The molecule has 0 aliphatic carbocycles. The number of carboxylic acid groups (broad SMARTS) is 1. The predicted molar refractivity (Wildman–Crippen MR) is 88.9 cm³/mol. The summed E-state index contributed by atoms with van der Waals surface area (Å²) >= 11 is 1.40. The SMILES string of the molecule is CS(=O)(=O)c1cccc(-c2csc(Cn3cc(C(=O)O)cn3)n2)c1. The molecule has 9 heteroatoms. The minimum Gasteiger partial charge on any atom is -0.478 e. The molecule has 0 fully saturated rings. The molecule has 0 saturated heterocycles. The fourth-order valence-electron chi connectivity index (χ4n) is 2.10. The van der Waals surface area contributed by atoms with Gasteiger partial charge in [0, 0.05) is 23.4 Å². The van der Waals surface area contributed by atoms with Crippen molar-refractivity contribution < 1.29 is 18.3 Å². The van der Waals surface area contributed by atoms with Crippen LogP contribution in [0.3, 0.4) is 0 Å². The summed E-state index contributed by atoms with van der Waals surface area (Å²) in [6.45, 7) is 0.351. The van der Waals surface area contributed by atoms with Crippen molar-refractivity contribution in [2.45, 2.75) is 11.4 Å². The third kappa shape index (κ3) is 3.52. The number of aromatic carboxylic acids is 1. The summed E-state index contributed by atoms with van der Waals surface area (Å²) in [7, 11) is -3.27. The van der Waals surface area contributed by atoms with E-state index in [-0.39, 0.29) is 10.5 Å². The zero-order valence-corrected chi connectivity index (χ0v) is 14.2. The fourth-order valence-corrected chi connectivity index (χ4v) is 3.56. The first-order valence-corrected chi connectivity index (χ1v) is 9.61. The van der Waals surface area contributed by atoms with Gasteiger partial charge >= 0.3 is 5.97 Å². The Bertz CT molecular complexity index is 1010. The molecule has 7 nitrogen and oxygen atoms in total. The second kappa shape index (κ2) is 6.17. The van der Waals surface area contributed by atoms with Gasteiger partial charge in [-0.05, 0) is 12.1 Å². The Labute approximate surface area is 142 Å². The van der Waals surface area contributed by atoms with Gasteiger partial charge < -0.3 is 5.11 Å². The van der Waals surface area contributed by atoms with Gasteiger partial charge in [0.15, 0.2) is 9.84 Å². The molecule has 2 aromatic heterocycles. The highest BCUT2D eigenvalue weighted by atomic mass is 32.2. The smallest absolute Gasteiger partial charge is 0.338 e. The van der Waals surface area contributed by atoms with Gasteiger partial charge in [-0.1, -0.05) is 12.1 Å². The molecule has 0 amide bonds. The minimum absolute atomic E-state index is 0.118. The fraction of sp³-hybridized carbons (Fsp3) is 0.133. The number of rotatable bonds is 5. The van der Waals surface area contributed by atoms with Crippen LogP contribution in [0.1, 0.15) is 15.4 Å². The predicted octanol–water partition coefficient (Wildman–Crippen LogP) is 2.16. The van der Waals surface area contributed by atoms with Gasteiger partial charge in [0.2, 0.25) is 0 Å². The molecule has 3 rings (SSSR count). The van der Waals surface area contributed by atoms with Crippen LogP contribution in [-0.4, -0.2) is 40.5 Å². The van der Waals surface area contributed by atoms with Crippen molar-refractivity contribution in [1.82, 2.24) is 14.8 Å². The standard InChI is InChI=1S/C15H13N3O4S2/c1-24(21,22)12-4-2-3-10(5-12)13-9-23-14(17-13)8-18-7-11(6-16-18)15(19)20/h2-7,9H,8H2,1H3,(H,19,20). The lowest BCUT2D eigenvalue weighted by Gasteiger charge is -2.01. The molecule has 0 atom stereocenters. The Balaban J connectivity index is 1.84. The molecule has 0 saturated carbocycles. The van der Waals surface area contributed by atoms with Gasteiger partial charge in [0.05, 0.1) is 28.9 Å². The van der Waals surface area contributed by atoms with E-state index in [1.807, 2.05) is 5.38 Å². The number of sulfone groups is 1. The molecule has 0 aliphatic heterocycles. The molecular formula is C15H13N3O4S2. The van der Waals surface area contributed by atoms with Gasteiger partial charge in [-0.3, -0.25) is 4.68 Å². The summed E-state index contributed by atoms with van der Waals surface area (Å²) in [4.78, 5) is 15.6. The molecule has 24 heavy (non-hydrogen) atoms. The average Bonchev–Trinajstić information content (AvgIpc) is 3.16. The number of thiazole rings is 1. The molecule has 124 valence electrons. The summed E-state index contributed by atoms with van der Waals surface area (Å²) < 4.78 is 24.8. The van der Waals surface area contributed by atoms with E-state index in [4.69, 9.17) is 5.11 Å². The number of carbonyl (C=O) groups is 1. The lowest BCUT2D eigenvalue weighted by Crippen LogP contribution is -2.00. The molecule has 2 heterocycles. The largest absolute Gasteiger partial charge is 0.478 e. The topological polar surface area (TPSA) is 102 Å². The Morgan fingerprint density at radius 1 is 1.38 bits per heavy atom. The molecular weight excluding hydrogens is 350 g/mol. The second-order valence-corrected chi connectivity index (χ2v) is 8.12. The van der Waals surface area contributed by atoms with Crippen molar-refractivity contribution in [3.63, 3.8) is 0 Å². The molecule has 0 radical (unpaired) electrons. The highest BCUT2D eigenvalue weighted by Crippen LogP contribution is 2.24. The van der Waals surface area contributed by atoms with E-state index >= 15 is 0 Å². The van der Waals surface area contributed by atoms with Crippen molar-refractivity contribution in [1.29, 1.82) is 0 Å². The van der Waals surface area contributed by atoms with Crippen LogP contribution in [0.25, 0.3) is 11.3 Å². The maximum atomic E-state index is 11.6. The first-order chi connectivity index (χ1) is 11.3. The van der Waals surface area contributed by atoms with Gasteiger partial charge in [-0.2, -0.15) is 5.10 Å². The number of nitrogens with zero attached hydrogens (tertiary/aromatic N) is 3. The van der Waals surface area contributed by atoms with E-state index < -0.39 is 15.8 Å². The zero-order chi connectivity index (χ0) is 17.3. The minimum atomic E-state index is -3.27. The number of aromatic nitrogens is 3. The summed E-state index contributed by atoms with van der Waals surface area (Å²) in [6.07, 6.45) is 3.89. The van der Waals surface area contributed by atoms with Gasteiger partial charge in [0.25, 0.3) is 0 Å².